The number of nitrogens with zero attached hydrogens (tertiary/aromatic N) is 1. The molecular weight excluding hydrogens is 168 g/mol. The average molecular weight is 179 g/mol. The Labute approximate surface area is 88.5 Å². The first-order chi connectivity index (χ1) is 5.75. The van der Waals surface area contributed by atoms with Gasteiger partial charge in [0.25, 0.3) is 0 Å². The summed E-state index contributed by atoms with van der Waals surface area (Å²) in [6.07, 6.45) is 2.19. The van der Waals surface area contributed by atoms with E-state index >= 15 is 0 Å². The third-order valence-electron chi connectivity index (χ3n) is 2.66. The van der Waals surface area contributed by atoms with Crippen molar-refractivity contribution in [2.24, 2.45) is 5.92 Å². The van der Waals surface area contributed by atoms with Crippen LogP contribution < -0.4 is 24.0 Å². The molecule has 1 saturated heterocycles. The largest absolute Gasteiger partial charge is 1.00 e. The van der Waals surface area contributed by atoms with Crippen molar-refractivity contribution in [2.45, 2.75) is 24.9 Å². The number of carboxylic acids is 1. The Morgan fingerprint density at radius 3 is 2.54 bits per heavy atom. The summed E-state index contributed by atoms with van der Waals surface area (Å²) in [7, 11) is 0. The molecule has 1 unspecified atom stereocenters. The Morgan fingerprint density at radius 2 is 2.15 bits per heavy atom. The maximum absolute atomic E-state index is 11.9. The Bertz CT molecular complexity index is 210. The van der Waals surface area contributed by atoms with Crippen LogP contribution in [0.2, 0.25) is 0 Å². The summed E-state index contributed by atoms with van der Waals surface area (Å²) >= 11 is 0. The SMILES string of the molecule is O=C([O-])[C@H]1[C@@H](C2CC2)N1CCF.[Li+]. The van der Waals surface area contributed by atoms with Gasteiger partial charge in [-0.3, -0.25) is 4.90 Å². The van der Waals surface area contributed by atoms with Gasteiger partial charge < -0.3 is 9.90 Å². The van der Waals surface area contributed by atoms with Crippen LogP contribution in [-0.4, -0.2) is 36.2 Å². The molecule has 1 heterocycles. The molecule has 3 nitrogen and oxygen atoms in total. The van der Waals surface area contributed by atoms with Gasteiger partial charge in [0, 0.05) is 12.6 Å². The fraction of sp³-hybridized carbons (Fsp3) is 0.875. The van der Waals surface area contributed by atoms with Gasteiger partial charge in [-0.2, -0.15) is 0 Å². The zero-order valence-electron chi connectivity index (χ0n) is 7.70. The fourth-order valence-electron chi connectivity index (χ4n) is 1.92. The third-order valence-corrected chi connectivity index (χ3v) is 2.66. The molecule has 0 aromatic heterocycles. The number of carboxylic acid groups (broad SMARTS) is 1. The predicted octanol–water partition coefficient (Wildman–Crippen LogP) is -3.83. The normalized spacial score (nSPS) is 36.5. The quantitative estimate of drug-likeness (QED) is 0.328. The van der Waals surface area contributed by atoms with Crippen molar-refractivity contribution in [1.82, 2.24) is 4.90 Å². The van der Waals surface area contributed by atoms with Crippen LogP contribution in [0.5, 0.6) is 0 Å². The molecule has 0 radical (unpaired) electrons. The summed E-state index contributed by atoms with van der Waals surface area (Å²) in [6, 6.07) is -0.404. The number of carbonyl (C=O) groups excluding carboxylic acids is 1. The first-order valence-corrected chi connectivity index (χ1v) is 4.28. The van der Waals surface area contributed by atoms with Crippen LogP contribution >= 0.6 is 0 Å². The molecule has 3 atom stereocenters. The monoisotopic (exact) mass is 179 g/mol. The summed E-state index contributed by atoms with van der Waals surface area (Å²) in [6.45, 7) is -0.215. The predicted molar refractivity (Wildman–Crippen MR) is 38.0 cm³/mol. The van der Waals surface area contributed by atoms with Gasteiger partial charge in [-0.1, -0.05) is 0 Å². The van der Waals surface area contributed by atoms with Crippen LogP contribution in [-0.2, 0) is 4.79 Å². The number of rotatable bonds is 4. The Balaban J connectivity index is 0.000000845. The summed E-state index contributed by atoms with van der Waals surface area (Å²) in [4.78, 5) is 12.2. The van der Waals surface area contributed by atoms with E-state index in [4.69, 9.17) is 0 Å². The topological polar surface area (TPSA) is 43.1 Å². The van der Waals surface area contributed by atoms with Crippen molar-refractivity contribution in [3.63, 3.8) is 0 Å². The number of halogens is 1. The average Bonchev–Trinajstić information content (AvgIpc) is 2.78. The first-order valence-electron chi connectivity index (χ1n) is 4.28. The minimum absolute atomic E-state index is 0. The van der Waals surface area contributed by atoms with Crippen LogP contribution in [0, 0.1) is 5.92 Å². The van der Waals surface area contributed by atoms with Crippen LogP contribution in [0.1, 0.15) is 12.8 Å². The molecule has 2 rings (SSSR count). The van der Waals surface area contributed by atoms with Crippen LogP contribution in [0.15, 0.2) is 0 Å². The number of hydrogen-bond donors (Lipinski definition) is 0. The zero-order chi connectivity index (χ0) is 8.72. The first kappa shape index (κ1) is 11.0. The Hall–Kier alpha value is -0.0426. The van der Waals surface area contributed by atoms with Gasteiger partial charge in [0.1, 0.15) is 6.67 Å². The summed E-state index contributed by atoms with van der Waals surface area (Å²) in [5.41, 5.74) is 0. The van der Waals surface area contributed by atoms with Gasteiger partial charge in [-0.05, 0) is 18.8 Å². The van der Waals surface area contributed by atoms with Crippen molar-refractivity contribution < 1.29 is 33.2 Å². The molecule has 1 aliphatic carbocycles. The van der Waals surface area contributed by atoms with Crippen LogP contribution in [0.25, 0.3) is 0 Å². The summed E-state index contributed by atoms with van der Waals surface area (Å²) < 4.78 is 11.9. The van der Waals surface area contributed by atoms with Crippen molar-refractivity contribution >= 4 is 5.97 Å². The second-order valence-electron chi connectivity index (χ2n) is 3.52. The molecule has 0 bridgehead atoms. The van der Waals surface area contributed by atoms with E-state index in [1.165, 1.54) is 0 Å². The minimum Gasteiger partial charge on any atom is -0.548 e. The molecule has 0 N–H and O–H groups in total. The molecule has 5 heteroatoms. The Kier molecular flexibility index (Phi) is 3.39. The second-order valence-corrected chi connectivity index (χ2v) is 3.52. The van der Waals surface area contributed by atoms with Crippen LogP contribution in [0.3, 0.4) is 0 Å². The summed E-state index contributed by atoms with van der Waals surface area (Å²) in [5, 5.41) is 10.5. The molecule has 1 saturated carbocycles. The molecule has 13 heavy (non-hydrogen) atoms. The van der Waals surface area contributed by atoms with Crippen molar-refractivity contribution in [2.75, 3.05) is 13.2 Å². The van der Waals surface area contributed by atoms with E-state index in [9.17, 15) is 14.3 Å². The van der Waals surface area contributed by atoms with E-state index in [0.717, 1.165) is 12.8 Å². The second kappa shape index (κ2) is 3.99. The van der Waals surface area contributed by atoms with E-state index in [-0.39, 0.29) is 31.4 Å². The number of aliphatic carboxylic acids is 1. The van der Waals surface area contributed by atoms with Gasteiger partial charge in [0.05, 0.1) is 12.0 Å². The van der Waals surface area contributed by atoms with Crippen molar-refractivity contribution in [3.8, 4) is 0 Å². The molecule has 1 aliphatic heterocycles. The Morgan fingerprint density at radius 1 is 1.54 bits per heavy atom. The van der Waals surface area contributed by atoms with Crippen LogP contribution in [0.4, 0.5) is 4.39 Å². The molecule has 2 aliphatic rings. The van der Waals surface area contributed by atoms with E-state index in [0.29, 0.717) is 5.92 Å². The molecule has 0 spiro atoms. The summed E-state index contributed by atoms with van der Waals surface area (Å²) in [5.74, 6) is -0.542. The number of carbonyl (C=O) groups is 1. The maximum Gasteiger partial charge on any atom is 1.00 e. The molecular formula is C8H11FLiNO2. The number of hydrogen-bond acceptors (Lipinski definition) is 3. The number of alkyl halides is 1. The molecule has 0 amide bonds. The zero-order valence-corrected chi connectivity index (χ0v) is 7.70. The maximum atomic E-state index is 11.9. The van der Waals surface area contributed by atoms with Gasteiger partial charge >= 0.3 is 18.9 Å². The minimum atomic E-state index is -1.04. The van der Waals surface area contributed by atoms with Gasteiger partial charge in [0.2, 0.25) is 0 Å². The van der Waals surface area contributed by atoms with Crippen molar-refractivity contribution in [1.29, 1.82) is 0 Å². The van der Waals surface area contributed by atoms with Gasteiger partial charge in [0.15, 0.2) is 0 Å². The fourth-order valence-corrected chi connectivity index (χ4v) is 1.92. The standard InChI is InChI=1S/C8H12FNO2.Li/c9-3-4-10-6(5-1-2-5)7(10)8(11)12;/h5-7H,1-4H2,(H,11,12);/q;+1/p-1/t6-,7-,10?;/m1./s1. The molecule has 68 valence electrons. The van der Waals surface area contributed by atoms with E-state index in [1.807, 2.05) is 0 Å². The van der Waals surface area contributed by atoms with Crippen molar-refractivity contribution in [3.05, 3.63) is 0 Å². The smallest absolute Gasteiger partial charge is 0.548 e. The third kappa shape index (κ3) is 2.07. The molecule has 0 aromatic carbocycles. The molecule has 0 aromatic rings. The van der Waals surface area contributed by atoms with E-state index in [1.54, 1.807) is 4.90 Å². The van der Waals surface area contributed by atoms with Gasteiger partial charge in [-0.25, -0.2) is 4.39 Å². The molecule has 2 fully saturated rings. The van der Waals surface area contributed by atoms with E-state index in [2.05, 4.69) is 0 Å². The van der Waals surface area contributed by atoms with Gasteiger partial charge in [-0.15, -0.1) is 0 Å². The van der Waals surface area contributed by atoms with E-state index < -0.39 is 18.7 Å².